The molecule has 0 amide bonds. The second kappa shape index (κ2) is 7.38. The van der Waals surface area contributed by atoms with Gasteiger partial charge in [0.2, 0.25) is 0 Å². The normalized spacial score (nSPS) is 26.2. The molecule has 2 aromatic carbocycles. The Balaban J connectivity index is 1.86. The second-order valence-corrected chi connectivity index (χ2v) is 6.55. The van der Waals surface area contributed by atoms with Gasteiger partial charge in [-0.2, -0.15) is 0 Å². The number of hydrogen-bond donors (Lipinski definition) is 1. The van der Waals surface area contributed by atoms with Crippen LogP contribution in [0.1, 0.15) is 42.1 Å². The average molecular weight is 340 g/mol. The number of methoxy groups -OCH3 is 1. The number of ether oxygens (including phenoxy) is 2. The van der Waals surface area contributed by atoms with Crippen molar-refractivity contribution < 1.29 is 19.4 Å². The van der Waals surface area contributed by atoms with Gasteiger partial charge in [0.15, 0.2) is 5.78 Å². The van der Waals surface area contributed by atoms with Crippen molar-refractivity contribution in [2.45, 2.75) is 44.0 Å². The van der Waals surface area contributed by atoms with Gasteiger partial charge in [-0.15, -0.1) is 0 Å². The Bertz CT molecular complexity index is 710. The molecule has 132 valence electrons. The molecule has 1 heterocycles. The lowest BCUT2D eigenvalue weighted by Crippen LogP contribution is -2.46. The van der Waals surface area contributed by atoms with Crippen LogP contribution >= 0.6 is 0 Å². The highest BCUT2D eigenvalue weighted by Gasteiger charge is 2.43. The van der Waals surface area contributed by atoms with Crippen LogP contribution in [0.15, 0.2) is 54.6 Å². The van der Waals surface area contributed by atoms with Gasteiger partial charge in [-0.3, -0.25) is 4.79 Å². The summed E-state index contributed by atoms with van der Waals surface area (Å²) < 4.78 is 11.1. The fraction of sp³-hybridized carbons (Fsp3) is 0.381. The summed E-state index contributed by atoms with van der Waals surface area (Å²) in [5.41, 5.74) is 0.356. The molecule has 0 bridgehead atoms. The molecule has 0 radical (unpaired) electrons. The van der Waals surface area contributed by atoms with E-state index in [0.29, 0.717) is 17.7 Å². The zero-order valence-corrected chi connectivity index (χ0v) is 14.6. The maximum atomic E-state index is 12.9. The monoisotopic (exact) mass is 340 g/mol. The Labute approximate surface area is 148 Å². The lowest BCUT2D eigenvalue weighted by molar-refractivity contribution is -0.134. The molecule has 1 N–H and O–H groups in total. The molecule has 3 atom stereocenters. The van der Waals surface area contributed by atoms with Gasteiger partial charge >= 0.3 is 0 Å². The number of hydrogen-bond acceptors (Lipinski definition) is 4. The van der Waals surface area contributed by atoms with Crippen LogP contribution in [0.2, 0.25) is 0 Å². The number of ketones is 1. The quantitative estimate of drug-likeness (QED) is 0.843. The van der Waals surface area contributed by atoms with Crippen molar-refractivity contribution in [3.8, 4) is 5.75 Å². The number of aliphatic hydroxyl groups is 1. The lowest BCUT2D eigenvalue weighted by atomic mass is 9.79. The van der Waals surface area contributed by atoms with Crippen LogP contribution in [0.5, 0.6) is 5.75 Å². The third kappa shape index (κ3) is 3.75. The van der Waals surface area contributed by atoms with Gasteiger partial charge in [-0.05, 0) is 36.2 Å². The maximum absolute atomic E-state index is 12.9. The van der Waals surface area contributed by atoms with Crippen LogP contribution < -0.4 is 4.74 Å². The molecular formula is C21H24O4. The third-order valence-electron chi connectivity index (χ3n) is 4.88. The summed E-state index contributed by atoms with van der Waals surface area (Å²) in [5, 5.41) is 11.2. The molecule has 25 heavy (non-hydrogen) atoms. The van der Waals surface area contributed by atoms with Crippen LogP contribution in [0, 0.1) is 0 Å². The minimum atomic E-state index is -1.05. The highest BCUT2D eigenvalue weighted by atomic mass is 16.5. The maximum Gasteiger partial charge on any atom is 0.191 e. The predicted molar refractivity (Wildman–Crippen MR) is 95.8 cm³/mol. The van der Waals surface area contributed by atoms with Crippen LogP contribution in [-0.4, -0.2) is 30.2 Å². The van der Waals surface area contributed by atoms with E-state index >= 15 is 0 Å². The standard InChI is InChI=1S/C21H24O4/c1-3-17-13-21(23,16-7-5-4-6-8-16)14-19(25-17)20(22)15-9-11-18(24-2)12-10-15/h4-12,17,19,23H,3,13-14H2,1-2H3/t17-,19-,21-/m0/s1. The van der Waals surface area contributed by atoms with E-state index in [1.165, 1.54) is 0 Å². The number of rotatable bonds is 5. The molecule has 0 aliphatic carbocycles. The topological polar surface area (TPSA) is 55.8 Å². The minimum Gasteiger partial charge on any atom is -0.497 e. The van der Waals surface area contributed by atoms with E-state index in [4.69, 9.17) is 9.47 Å². The number of carbonyl (C=O) groups excluding carboxylic acids is 1. The van der Waals surface area contributed by atoms with E-state index < -0.39 is 11.7 Å². The summed E-state index contributed by atoms with van der Waals surface area (Å²) in [6.07, 6.45) is 0.711. The first-order valence-electron chi connectivity index (χ1n) is 8.67. The SMILES string of the molecule is CC[C@H]1C[C@@](O)(c2ccccc2)C[C@@H](C(=O)c2ccc(OC)cc2)O1. The predicted octanol–water partition coefficient (Wildman–Crippen LogP) is 3.72. The van der Waals surface area contributed by atoms with Crippen LogP contribution in [0.25, 0.3) is 0 Å². The van der Waals surface area contributed by atoms with Gasteiger partial charge in [-0.25, -0.2) is 0 Å². The number of benzene rings is 2. The largest absolute Gasteiger partial charge is 0.497 e. The first-order chi connectivity index (χ1) is 12.1. The van der Waals surface area contributed by atoms with Crippen molar-refractivity contribution in [2.24, 2.45) is 0 Å². The van der Waals surface area contributed by atoms with Gasteiger partial charge in [0.25, 0.3) is 0 Å². The highest BCUT2D eigenvalue weighted by Crippen LogP contribution is 2.39. The van der Waals surface area contributed by atoms with Crippen molar-refractivity contribution in [1.82, 2.24) is 0 Å². The van der Waals surface area contributed by atoms with Crippen molar-refractivity contribution in [3.63, 3.8) is 0 Å². The molecular weight excluding hydrogens is 316 g/mol. The molecule has 1 aliphatic heterocycles. The molecule has 2 aromatic rings. The van der Waals surface area contributed by atoms with E-state index in [1.807, 2.05) is 37.3 Å². The molecule has 0 unspecified atom stereocenters. The molecule has 1 fully saturated rings. The lowest BCUT2D eigenvalue weighted by Gasteiger charge is -2.41. The molecule has 4 heteroatoms. The molecule has 0 aromatic heterocycles. The Morgan fingerprint density at radius 3 is 2.44 bits per heavy atom. The van der Waals surface area contributed by atoms with E-state index in [9.17, 15) is 9.90 Å². The second-order valence-electron chi connectivity index (χ2n) is 6.55. The van der Waals surface area contributed by atoms with E-state index in [2.05, 4.69) is 0 Å². The van der Waals surface area contributed by atoms with Crippen molar-refractivity contribution >= 4 is 5.78 Å². The highest BCUT2D eigenvalue weighted by molar-refractivity contribution is 5.99. The molecule has 1 saturated heterocycles. The molecule has 0 saturated carbocycles. The fourth-order valence-corrected chi connectivity index (χ4v) is 3.42. The van der Waals surface area contributed by atoms with Gasteiger partial charge in [0.1, 0.15) is 11.9 Å². The Hall–Kier alpha value is -2.17. The summed E-state index contributed by atoms with van der Waals surface area (Å²) >= 11 is 0. The first-order valence-corrected chi connectivity index (χ1v) is 8.67. The summed E-state index contributed by atoms with van der Waals surface area (Å²) in [4.78, 5) is 12.9. The van der Waals surface area contributed by atoms with E-state index in [0.717, 1.165) is 12.0 Å². The van der Waals surface area contributed by atoms with Gasteiger partial charge in [-0.1, -0.05) is 37.3 Å². The Morgan fingerprint density at radius 1 is 1.16 bits per heavy atom. The Morgan fingerprint density at radius 2 is 1.84 bits per heavy atom. The summed E-state index contributed by atoms with van der Waals surface area (Å²) in [5.74, 6) is 0.600. The summed E-state index contributed by atoms with van der Waals surface area (Å²) in [6, 6.07) is 16.5. The Kier molecular flexibility index (Phi) is 5.21. The van der Waals surface area contributed by atoms with Crippen molar-refractivity contribution in [2.75, 3.05) is 7.11 Å². The van der Waals surface area contributed by atoms with Crippen molar-refractivity contribution in [3.05, 3.63) is 65.7 Å². The van der Waals surface area contributed by atoms with Crippen LogP contribution in [-0.2, 0) is 10.3 Å². The zero-order valence-electron chi connectivity index (χ0n) is 14.6. The molecule has 4 nitrogen and oxygen atoms in total. The summed E-state index contributed by atoms with van der Waals surface area (Å²) in [7, 11) is 1.59. The van der Waals surface area contributed by atoms with Gasteiger partial charge in [0.05, 0.1) is 18.8 Å². The number of carbonyl (C=O) groups is 1. The minimum absolute atomic E-state index is 0.102. The zero-order chi connectivity index (χ0) is 17.9. The third-order valence-corrected chi connectivity index (χ3v) is 4.88. The smallest absolute Gasteiger partial charge is 0.191 e. The summed E-state index contributed by atoms with van der Waals surface area (Å²) in [6.45, 7) is 2.01. The van der Waals surface area contributed by atoms with Gasteiger partial charge in [0, 0.05) is 18.4 Å². The van der Waals surface area contributed by atoms with Crippen LogP contribution in [0.3, 0.4) is 0 Å². The molecule has 1 aliphatic rings. The van der Waals surface area contributed by atoms with Crippen LogP contribution in [0.4, 0.5) is 0 Å². The van der Waals surface area contributed by atoms with Crippen molar-refractivity contribution in [1.29, 1.82) is 0 Å². The number of Topliss-reactive ketones (excluding diaryl/α,β-unsaturated/α-hetero) is 1. The van der Waals surface area contributed by atoms with E-state index in [-0.39, 0.29) is 18.3 Å². The fourth-order valence-electron chi connectivity index (χ4n) is 3.42. The molecule has 0 spiro atoms. The molecule has 3 rings (SSSR count). The first kappa shape index (κ1) is 17.6. The van der Waals surface area contributed by atoms with E-state index in [1.54, 1.807) is 31.4 Å². The van der Waals surface area contributed by atoms with Gasteiger partial charge < -0.3 is 14.6 Å². The average Bonchev–Trinajstić information content (AvgIpc) is 2.67.